The Morgan fingerprint density at radius 3 is 2.23 bits per heavy atom. The molecule has 3 aromatic rings. The molecule has 1 amide bonds. The summed E-state index contributed by atoms with van der Waals surface area (Å²) in [5, 5.41) is 11.5. The van der Waals surface area contributed by atoms with Crippen molar-refractivity contribution in [3.8, 4) is 5.75 Å². The molecule has 0 aliphatic carbocycles. The zero-order valence-corrected chi connectivity index (χ0v) is 18.5. The van der Waals surface area contributed by atoms with Gasteiger partial charge in [0, 0.05) is 10.4 Å². The topological polar surface area (TPSA) is 79.7 Å². The molecular formula is C24H22N2O4S. The van der Waals surface area contributed by atoms with Gasteiger partial charge < -0.3 is 9.84 Å². The molecule has 0 spiro atoms. The van der Waals surface area contributed by atoms with E-state index >= 15 is 0 Å². The summed E-state index contributed by atoms with van der Waals surface area (Å²) in [5.74, 6) is -1.03. The second kappa shape index (κ2) is 8.00. The molecule has 1 atom stereocenters. The second-order valence-corrected chi connectivity index (χ2v) is 8.63. The number of nitrogens with zero attached hydrogens (tertiary/aromatic N) is 2. The highest BCUT2D eigenvalue weighted by atomic mass is 32.1. The van der Waals surface area contributed by atoms with Crippen molar-refractivity contribution in [2.45, 2.75) is 26.8 Å². The van der Waals surface area contributed by atoms with Crippen molar-refractivity contribution >= 4 is 33.9 Å². The quantitative estimate of drug-likeness (QED) is 0.366. The van der Waals surface area contributed by atoms with Crippen LogP contribution in [-0.4, -0.2) is 28.9 Å². The minimum Gasteiger partial charge on any atom is -0.507 e. The van der Waals surface area contributed by atoms with E-state index in [-0.39, 0.29) is 11.3 Å². The average molecular weight is 435 g/mol. The van der Waals surface area contributed by atoms with Crippen molar-refractivity contribution in [2.75, 3.05) is 12.0 Å². The Balaban J connectivity index is 1.92. The monoisotopic (exact) mass is 434 g/mol. The van der Waals surface area contributed by atoms with Gasteiger partial charge in [-0.25, -0.2) is 4.98 Å². The molecule has 1 fully saturated rings. The minimum absolute atomic E-state index is 0.0459. The summed E-state index contributed by atoms with van der Waals surface area (Å²) in [4.78, 5) is 33.1. The number of aliphatic hydroxyl groups is 1. The number of benzene rings is 2. The van der Waals surface area contributed by atoms with Crippen LogP contribution >= 0.6 is 11.3 Å². The third kappa shape index (κ3) is 3.61. The van der Waals surface area contributed by atoms with Crippen molar-refractivity contribution in [3.63, 3.8) is 0 Å². The molecule has 0 bridgehead atoms. The van der Waals surface area contributed by atoms with E-state index in [1.807, 2.05) is 45.0 Å². The van der Waals surface area contributed by atoms with Crippen molar-refractivity contribution in [3.05, 3.63) is 81.4 Å². The van der Waals surface area contributed by atoms with Crippen LogP contribution < -0.4 is 9.64 Å². The fourth-order valence-electron chi connectivity index (χ4n) is 3.56. The third-order valence-electron chi connectivity index (χ3n) is 5.42. The average Bonchev–Trinajstić information content (AvgIpc) is 3.23. The standard InChI is InChI=1S/C24H22N2O4S/c1-13-5-7-16(8-6-13)20-19(21(27)17-9-11-18(30-4)12-10-17)22(28)23(29)26(20)24-25-14(2)15(3)31-24/h5-12,20,27H,1-4H3/b21-19+. The van der Waals surface area contributed by atoms with Gasteiger partial charge in [0.1, 0.15) is 11.5 Å². The number of aryl methyl sites for hydroxylation is 3. The van der Waals surface area contributed by atoms with E-state index in [0.29, 0.717) is 16.4 Å². The predicted octanol–water partition coefficient (Wildman–Crippen LogP) is 4.70. The SMILES string of the molecule is COc1ccc(/C(O)=C2\C(=O)C(=O)N(c3nc(C)c(C)s3)C2c2ccc(C)cc2)cc1. The van der Waals surface area contributed by atoms with E-state index in [2.05, 4.69) is 4.98 Å². The number of carbonyl (C=O) groups is 2. The molecule has 31 heavy (non-hydrogen) atoms. The Hall–Kier alpha value is -3.45. The lowest BCUT2D eigenvalue weighted by molar-refractivity contribution is -0.132. The first-order valence-electron chi connectivity index (χ1n) is 9.78. The zero-order valence-electron chi connectivity index (χ0n) is 17.7. The highest BCUT2D eigenvalue weighted by Crippen LogP contribution is 2.43. The molecule has 158 valence electrons. The van der Waals surface area contributed by atoms with E-state index in [9.17, 15) is 14.7 Å². The number of ketones is 1. The van der Waals surface area contributed by atoms with Gasteiger partial charge in [0.25, 0.3) is 5.78 Å². The molecule has 1 aromatic heterocycles. The molecule has 6 nitrogen and oxygen atoms in total. The smallest absolute Gasteiger partial charge is 0.301 e. The maximum atomic E-state index is 13.1. The van der Waals surface area contributed by atoms with Crippen molar-refractivity contribution < 1.29 is 19.4 Å². The van der Waals surface area contributed by atoms with Gasteiger partial charge in [-0.2, -0.15) is 0 Å². The van der Waals surface area contributed by atoms with E-state index < -0.39 is 17.7 Å². The van der Waals surface area contributed by atoms with Gasteiger partial charge in [-0.05, 0) is 50.6 Å². The maximum Gasteiger partial charge on any atom is 0.301 e. The van der Waals surface area contributed by atoms with Gasteiger partial charge in [0.2, 0.25) is 0 Å². The van der Waals surface area contributed by atoms with Crippen molar-refractivity contribution in [1.29, 1.82) is 0 Å². The number of aromatic nitrogens is 1. The molecular weight excluding hydrogens is 412 g/mol. The number of Topliss-reactive ketones (excluding diaryl/α,β-unsaturated/α-hetero) is 1. The number of aliphatic hydroxyl groups excluding tert-OH is 1. The number of rotatable bonds is 4. The van der Waals surface area contributed by atoms with Gasteiger partial charge in [0.15, 0.2) is 5.13 Å². The fraction of sp³-hybridized carbons (Fsp3) is 0.208. The minimum atomic E-state index is -0.771. The van der Waals surface area contributed by atoms with Gasteiger partial charge in [-0.1, -0.05) is 29.8 Å². The molecule has 2 aromatic carbocycles. The number of amides is 1. The zero-order chi connectivity index (χ0) is 22.3. The molecule has 1 N–H and O–H groups in total. The fourth-order valence-corrected chi connectivity index (χ4v) is 4.49. The van der Waals surface area contributed by atoms with E-state index in [4.69, 9.17) is 4.74 Å². The molecule has 7 heteroatoms. The van der Waals surface area contributed by atoms with Gasteiger partial charge in [-0.15, -0.1) is 11.3 Å². The Morgan fingerprint density at radius 2 is 1.68 bits per heavy atom. The van der Waals surface area contributed by atoms with Crippen LogP contribution in [0.5, 0.6) is 5.75 Å². The first kappa shape index (κ1) is 20.8. The summed E-state index contributed by atoms with van der Waals surface area (Å²) < 4.78 is 5.17. The largest absolute Gasteiger partial charge is 0.507 e. The van der Waals surface area contributed by atoms with Crippen LogP contribution in [0.3, 0.4) is 0 Å². The lowest BCUT2D eigenvalue weighted by Crippen LogP contribution is -2.29. The molecule has 0 radical (unpaired) electrons. The van der Waals surface area contributed by atoms with Crippen LogP contribution in [0, 0.1) is 20.8 Å². The van der Waals surface area contributed by atoms with Crippen LogP contribution in [0.2, 0.25) is 0 Å². The van der Waals surface area contributed by atoms with Crippen LogP contribution in [-0.2, 0) is 9.59 Å². The van der Waals surface area contributed by atoms with Crippen molar-refractivity contribution in [2.24, 2.45) is 0 Å². The van der Waals surface area contributed by atoms with Gasteiger partial charge in [-0.3, -0.25) is 14.5 Å². The number of hydrogen-bond acceptors (Lipinski definition) is 6. The Bertz CT molecular complexity index is 1170. The lowest BCUT2D eigenvalue weighted by Gasteiger charge is -2.23. The number of thiazole rings is 1. The number of methoxy groups -OCH3 is 1. The summed E-state index contributed by atoms with van der Waals surface area (Å²) in [7, 11) is 1.55. The summed E-state index contributed by atoms with van der Waals surface area (Å²) in [6.45, 7) is 5.75. The summed E-state index contributed by atoms with van der Waals surface area (Å²) in [6.07, 6.45) is 0. The highest BCUT2D eigenvalue weighted by Gasteiger charge is 2.48. The van der Waals surface area contributed by atoms with Crippen LogP contribution in [0.25, 0.3) is 5.76 Å². The normalized spacial score (nSPS) is 17.9. The first-order chi connectivity index (χ1) is 14.8. The summed E-state index contributed by atoms with van der Waals surface area (Å²) in [6, 6.07) is 13.5. The predicted molar refractivity (Wildman–Crippen MR) is 121 cm³/mol. The molecule has 2 heterocycles. The van der Waals surface area contributed by atoms with Gasteiger partial charge >= 0.3 is 5.91 Å². The number of hydrogen-bond donors (Lipinski definition) is 1. The van der Waals surface area contributed by atoms with E-state index in [0.717, 1.165) is 21.7 Å². The molecule has 1 unspecified atom stereocenters. The molecule has 4 rings (SSSR count). The molecule has 1 aliphatic rings. The molecule has 1 aliphatic heterocycles. The summed E-state index contributed by atoms with van der Waals surface area (Å²) >= 11 is 1.35. The Labute approximate surface area is 184 Å². The van der Waals surface area contributed by atoms with Crippen LogP contribution in [0.4, 0.5) is 5.13 Å². The Kier molecular flexibility index (Phi) is 5.37. The number of anilines is 1. The molecule has 1 saturated heterocycles. The summed E-state index contributed by atoms with van der Waals surface area (Å²) in [5.41, 5.74) is 3.06. The first-order valence-corrected chi connectivity index (χ1v) is 10.6. The second-order valence-electron chi connectivity index (χ2n) is 7.45. The highest BCUT2D eigenvalue weighted by molar-refractivity contribution is 7.16. The van der Waals surface area contributed by atoms with E-state index in [1.165, 1.54) is 16.2 Å². The Morgan fingerprint density at radius 1 is 1.03 bits per heavy atom. The third-order valence-corrected chi connectivity index (χ3v) is 6.50. The maximum absolute atomic E-state index is 13.1. The van der Waals surface area contributed by atoms with Crippen molar-refractivity contribution in [1.82, 2.24) is 4.98 Å². The lowest BCUT2D eigenvalue weighted by atomic mass is 9.95. The molecule has 0 saturated carbocycles. The number of carbonyl (C=O) groups excluding carboxylic acids is 2. The van der Waals surface area contributed by atoms with Crippen LogP contribution in [0.15, 0.2) is 54.1 Å². The number of ether oxygens (including phenoxy) is 1. The van der Waals surface area contributed by atoms with E-state index in [1.54, 1.807) is 31.4 Å². The van der Waals surface area contributed by atoms with Crippen LogP contribution in [0.1, 0.15) is 33.3 Å². The van der Waals surface area contributed by atoms with Gasteiger partial charge in [0.05, 0.1) is 24.4 Å².